The molecule has 0 N–H and O–H groups in total. The number of rotatable bonds is 3. The van der Waals surface area contributed by atoms with Crippen LogP contribution in [0.25, 0.3) is 6.08 Å². The second-order valence-corrected chi connectivity index (χ2v) is 3.50. The van der Waals surface area contributed by atoms with Gasteiger partial charge in [0.05, 0.1) is 12.3 Å². The van der Waals surface area contributed by atoms with Crippen LogP contribution in [0.1, 0.15) is 12.5 Å². The van der Waals surface area contributed by atoms with Gasteiger partial charge in [0.2, 0.25) is 6.08 Å². The van der Waals surface area contributed by atoms with Crippen LogP contribution in [0.3, 0.4) is 0 Å². The van der Waals surface area contributed by atoms with E-state index in [0.29, 0.717) is 17.3 Å². The molecule has 0 atom stereocenters. The van der Waals surface area contributed by atoms with Crippen molar-refractivity contribution in [1.29, 1.82) is 0 Å². The molecule has 0 fully saturated rings. The average Bonchev–Trinajstić information content (AvgIpc) is 2.32. The number of aliphatic imine (C=N–C) groups is 1. The molecule has 0 aliphatic carbocycles. The fraction of sp³-hybridized carbons (Fsp3) is 0.167. The fourth-order valence-corrected chi connectivity index (χ4v) is 1.23. The Morgan fingerprint density at radius 2 is 2.28 bits per heavy atom. The highest BCUT2D eigenvalue weighted by Crippen LogP contribution is 2.22. The average molecular weight is 288 g/mol. The Kier molecular flexibility index (Phi) is 8.58. The summed E-state index contributed by atoms with van der Waals surface area (Å²) in [5, 5.41) is 0.592. The van der Waals surface area contributed by atoms with Crippen LogP contribution in [0, 0.1) is 0 Å². The van der Waals surface area contributed by atoms with Crippen molar-refractivity contribution in [2.24, 2.45) is 4.99 Å². The van der Waals surface area contributed by atoms with E-state index in [1.54, 1.807) is 31.2 Å². The molecule has 0 amide bonds. The number of isocyanates is 1. The summed E-state index contributed by atoms with van der Waals surface area (Å²) in [6.45, 7) is 5.61. The smallest absolute Gasteiger partial charge is 0.403 e. The van der Waals surface area contributed by atoms with Gasteiger partial charge in [-0.15, -0.1) is 0 Å². The molecule has 0 aliphatic rings. The van der Waals surface area contributed by atoms with E-state index >= 15 is 0 Å². The van der Waals surface area contributed by atoms with Crippen LogP contribution >= 0.6 is 23.2 Å². The second kappa shape index (κ2) is 9.42. The number of hydrogen-bond acceptors (Lipinski definition) is 4. The molecule has 0 spiro atoms. The van der Waals surface area contributed by atoms with Crippen molar-refractivity contribution >= 4 is 46.5 Å². The Labute approximate surface area is 115 Å². The number of halogens is 2. The number of carbonyl (C=O) groups is 1. The van der Waals surface area contributed by atoms with Gasteiger partial charge in [-0.05, 0) is 30.7 Å². The van der Waals surface area contributed by atoms with Crippen molar-refractivity contribution in [3.05, 3.63) is 35.4 Å². The Hall–Kier alpha value is -1.61. The SMILES string of the molecule is C=Cc1cc(N=C=O)ccc1Cl.CCOC(=O)Cl. The van der Waals surface area contributed by atoms with E-state index in [-0.39, 0.29) is 0 Å². The highest BCUT2D eigenvalue weighted by molar-refractivity contribution is 6.61. The lowest BCUT2D eigenvalue weighted by atomic mass is 10.2. The first kappa shape index (κ1) is 16.4. The maximum Gasteiger partial charge on any atom is 0.403 e. The van der Waals surface area contributed by atoms with Gasteiger partial charge < -0.3 is 4.74 Å². The van der Waals surface area contributed by atoms with Crippen LogP contribution in [-0.2, 0) is 9.53 Å². The van der Waals surface area contributed by atoms with Crippen LogP contribution in [0.2, 0.25) is 5.02 Å². The van der Waals surface area contributed by atoms with Gasteiger partial charge in [0, 0.05) is 16.6 Å². The Morgan fingerprint density at radius 1 is 1.61 bits per heavy atom. The van der Waals surface area contributed by atoms with E-state index in [0.717, 1.165) is 5.56 Å². The number of benzene rings is 1. The van der Waals surface area contributed by atoms with Gasteiger partial charge in [-0.3, -0.25) is 0 Å². The molecule has 0 saturated carbocycles. The third-order valence-corrected chi connectivity index (χ3v) is 2.09. The molecule has 0 heterocycles. The van der Waals surface area contributed by atoms with Crippen LogP contribution in [0.4, 0.5) is 10.5 Å². The van der Waals surface area contributed by atoms with Gasteiger partial charge in [0.1, 0.15) is 0 Å². The molecule has 0 aliphatic heterocycles. The number of hydrogen-bond donors (Lipinski definition) is 0. The maximum absolute atomic E-state index is 9.91. The molecule has 1 rings (SSSR count). The molecule has 1 aromatic rings. The zero-order valence-corrected chi connectivity index (χ0v) is 11.2. The lowest BCUT2D eigenvalue weighted by molar-refractivity contribution is 0.180. The first-order valence-electron chi connectivity index (χ1n) is 4.87. The third-order valence-electron chi connectivity index (χ3n) is 1.63. The summed E-state index contributed by atoms with van der Waals surface area (Å²) in [5.74, 6) is 0. The molecule has 96 valence electrons. The lowest BCUT2D eigenvalue weighted by Crippen LogP contribution is -1.89. The van der Waals surface area contributed by atoms with Crippen LogP contribution in [-0.4, -0.2) is 18.1 Å². The normalized spacial score (nSPS) is 8.39. The van der Waals surface area contributed by atoms with Crippen LogP contribution in [0.15, 0.2) is 29.8 Å². The lowest BCUT2D eigenvalue weighted by Gasteiger charge is -1.97. The third kappa shape index (κ3) is 6.86. The van der Waals surface area contributed by atoms with E-state index in [9.17, 15) is 9.59 Å². The summed E-state index contributed by atoms with van der Waals surface area (Å²) in [7, 11) is 0. The molecule has 0 radical (unpaired) electrons. The van der Waals surface area contributed by atoms with E-state index < -0.39 is 5.43 Å². The van der Waals surface area contributed by atoms with Gasteiger partial charge in [-0.25, -0.2) is 9.59 Å². The van der Waals surface area contributed by atoms with Gasteiger partial charge in [0.25, 0.3) is 0 Å². The molecular weight excluding hydrogens is 277 g/mol. The van der Waals surface area contributed by atoms with Crippen molar-refractivity contribution in [3.8, 4) is 0 Å². The van der Waals surface area contributed by atoms with Crippen LogP contribution < -0.4 is 0 Å². The molecule has 0 bridgehead atoms. The minimum atomic E-state index is -0.738. The van der Waals surface area contributed by atoms with Gasteiger partial charge in [-0.1, -0.05) is 24.3 Å². The highest BCUT2D eigenvalue weighted by Gasteiger charge is 1.96. The summed E-state index contributed by atoms with van der Waals surface area (Å²) in [5.41, 5.74) is 0.551. The topological polar surface area (TPSA) is 55.7 Å². The summed E-state index contributed by atoms with van der Waals surface area (Å²) in [6, 6.07) is 4.97. The second-order valence-electron chi connectivity index (χ2n) is 2.78. The summed E-state index contributed by atoms with van der Waals surface area (Å²) >= 11 is 10.5. The van der Waals surface area contributed by atoms with Crippen molar-refractivity contribution in [3.63, 3.8) is 0 Å². The number of nitrogens with zero attached hydrogens (tertiary/aromatic N) is 1. The van der Waals surface area contributed by atoms with Crippen molar-refractivity contribution in [1.82, 2.24) is 0 Å². The predicted molar refractivity (Wildman–Crippen MR) is 72.2 cm³/mol. The standard InChI is InChI=1S/C9H6ClNO.C3H5ClO2/c1-2-7-5-8(11-6-12)3-4-9(7)10;1-2-6-3(4)5/h2-5H,1H2;2H2,1H3. The molecular formula is C12H11Cl2NO3. The summed E-state index contributed by atoms with van der Waals surface area (Å²) in [4.78, 5) is 22.9. The molecule has 4 nitrogen and oxygen atoms in total. The van der Waals surface area contributed by atoms with Crippen molar-refractivity contribution in [2.45, 2.75) is 6.92 Å². The molecule has 0 saturated heterocycles. The Bertz CT molecular complexity index is 468. The molecule has 1 aromatic carbocycles. The van der Waals surface area contributed by atoms with Gasteiger partial charge in [-0.2, -0.15) is 4.99 Å². The molecule has 0 aromatic heterocycles. The van der Waals surface area contributed by atoms with E-state index in [1.165, 1.54) is 6.08 Å². The highest BCUT2D eigenvalue weighted by atomic mass is 35.5. The van der Waals surface area contributed by atoms with Crippen LogP contribution in [0.5, 0.6) is 0 Å². The van der Waals surface area contributed by atoms with Gasteiger partial charge in [0.15, 0.2) is 0 Å². The van der Waals surface area contributed by atoms with E-state index in [2.05, 4.69) is 16.3 Å². The van der Waals surface area contributed by atoms with Crippen molar-refractivity contribution in [2.75, 3.05) is 6.61 Å². The first-order chi connectivity index (χ1) is 8.54. The minimum Gasteiger partial charge on any atom is -0.454 e. The zero-order chi connectivity index (χ0) is 14.0. The fourth-order valence-electron chi connectivity index (χ4n) is 0.923. The first-order valence-corrected chi connectivity index (χ1v) is 5.62. The largest absolute Gasteiger partial charge is 0.454 e. The number of carbonyl (C=O) groups excluding carboxylic acids is 2. The molecule has 0 unspecified atom stereocenters. The minimum absolute atomic E-state index is 0.350. The zero-order valence-electron chi connectivity index (χ0n) is 9.65. The molecule has 18 heavy (non-hydrogen) atoms. The summed E-state index contributed by atoms with van der Waals surface area (Å²) in [6.07, 6.45) is 3.06. The Morgan fingerprint density at radius 3 is 2.67 bits per heavy atom. The summed E-state index contributed by atoms with van der Waals surface area (Å²) < 4.78 is 4.17. The maximum atomic E-state index is 9.91. The monoisotopic (exact) mass is 287 g/mol. The Balaban J connectivity index is 0.000000411. The quantitative estimate of drug-likeness (QED) is 0.472. The van der Waals surface area contributed by atoms with E-state index in [4.69, 9.17) is 23.2 Å². The van der Waals surface area contributed by atoms with E-state index in [1.807, 2.05) is 0 Å². The molecule has 6 heteroatoms. The van der Waals surface area contributed by atoms with Crippen molar-refractivity contribution < 1.29 is 14.3 Å². The van der Waals surface area contributed by atoms with Gasteiger partial charge >= 0.3 is 5.43 Å². The number of ether oxygens (including phenoxy) is 1. The predicted octanol–water partition coefficient (Wildman–Crippen LogP) is 4.33.